The first-order chi connectivity index (χ1) is 14.9. The Labute approximate surface area is 205 Å². The number of nitrogens with zero attached hydrogens (tertiary/aromatic N) is 1. The summed E-state index contributed by atoms with van der Waals surface area (Å²) < 4.78 is 19.1. The standard InChI is InChI=1S/C22H27NO3S4Si/c1-4-24-31(25-5-2,26-6-3)13-9-10-15-20(28)16(14-18(27)21(15)29)22-23-17-11-7-8-12-19(17)30-22/h7-8,11-12,14-15H,4-6,9-10,13H2,1-3H3. The summed E-state index contributed by atoms with van der Waals surface area (Å²) in [7, 11) is -2.69. The van der Waals surface area contributed by atoms with E-state index in [1.165, 1.54) is 0 Å². The smallest absolute Gasteiger partial charge is 0.374 e. The highest BCUT2D eigenvalue weighted by molar-refractivity contribution is 7.90. The molecule has 0 bridgehead atoms. The first kappa shape index (κ1) is 24.9. The fourth-order valence-corrected chi connectivity index (χ4v) is 8.41. The van der Waals surface area contributed by atoms with Gasteiger partial charge in [-0.2, -0.15) is 0 Å². The van der Waals surface area contributed by atoms with Crippen molar-refractivity contribution in [2.24, 2.45) is 5.92 Å². The SMILES string of the molecule is CCO[Si](CCCC1C(=S)C(=S)C=C(c2nc3ccccc3s2)C1=S)(OCC)OCC. The molecule has 1 aliphatic carbocycles. The number of thiazole rings is 1. The summed E-state index contributed by atoms with van der Waals surface area (Å²) in [5.74, 6) is -0.0545. The van der Waals surface area contributed by atoms with Crippen LogP contribution in [0.1, 0.15) is 38.6 Å². The summed E-state index contributed by atoms with van der Waals surface area (Å²) in [5, 5.41) is 0.905. The highest BCUT2D eigenvalue weighted by Crippen LogP contribution is 2.35. The third-order valence-corrected chi connectivity index (χ3v) is 10.7. The maximum absolute atomic E-state index is 5.98. The summed E-state index contributed by atoms with van der Waals surface area (Å²) in [6.45, 7) is 7.62. The van der Waals surface area contributed by atoms with Crippen molar-refractivity contribution in [2.75, 3.05) is 19.8 Å². The average Bonchev–Trinajstić information content (AvgIpc) is 3.18. The molecule has 0 saturated carbocycles. The Morgan fingerprint density at radius 2 is 1.61 bits per heavy atom. The monoisotopic (exact) mass is 509 g/mol. The van der Waals surface area contributed by atoms with E-state index < -0.39 is 8.80 Å². The molecule has 1 aromatic heterocycles. The minimum Gasteiger partial charge on any atom is -0.374 e. The summed E-state index contributed by atoms with van der Waals surface area (Å²) in [4.78, 5) is 7.05. The van der Waals surface area contributed by atoms with Crippen LogP contribution >= 0.6 is 48.0 Å². The van der Waals surface area contributed by atoms with Gasteiger partial charge in [-0.1, -0.05) is 48.8 Å². The maximum atomic E-state index is 5.98. The van der Waals surface area contributed by atoms with Gasteiger partial charge in [0, 0.05) is 47.1 Å². The van der Waals surface area contributed by atoms with Gasteiger partial charge in [0.05, 0.1) is 15.1 Å². The fraction of sp³-hybridized carbons (Fsp3) is 0.455. The summed E-state index contributed by atoms with van der Waals surface area (Å²) in [6.07, 6.45) is 3.56. The summed E-state index contributed by atoms with van der Waals surface area (Å²) >= 11 is 18.8. The zero-order valence-corrected chi connectivity index (χ0v) is 22.3. The molecule has 4 nitrogen and oxygen atoms in total. The molecule has 1 aliphatic rings. The van der Waals surface area contributed by atoms with Crippen LogP contribution in [-0.2, 0) is 13.3 Å². The second-order valence-corrected chi connectivity index (χ2v) is 12.1. The normalized spacial score (nSPS) is 17.5. The number of allylic oxidation sites excluding steroid dienone is 2. The van der Waals surface area contributed by atoms with Gasteiger partial charge >= 0.3 is 8.80 Å². The van der Waals surface area contributed by atoms with Crippen molar-refractivity contribution >= 4 is 87.2 Å². The number of hydrogen-bond donors (Lipinski definition) is 0. The predicted octanol–water partition coefficient (Wildman–Crippen LogP) is 6.25. The Morgan fingerprint density at radius 1 is 0.968 bits per heavy atom. The van der Waals surface area contributed by atoms with E-state index in [1.54, 1.807) is 11.3 Å². The molecule has 0 amide bonds. The summed E-state index contributed by atoms with van der Waals surface area (Å²) in [6, 6.07) is 8.83. The van der Waals surface area contributed by atoms with Crippen molar-refractivity contribution in [3.63, 3.8) is 0 Å². The van der Waals surface area contributed by atoms with Gasteiger partial charge in [-0.25, -0.2) is 4.98 Å². The molecule has 1 atom stereocenters. The molecule has 0 radical (unpaired) electrons. The van der Waals surface area contributed by atoms with Crippen LogP contribution in [0.4, 0.5) is 0 Å². The van der Waals surface area contributed by atoms with Crippen molar-refractivity contribution in [2.45, 2.75) is 39.7 Å². The third-order valence-electron chi connectivity index (χ3n) is 5.01. The lowest BCUT2D eigenvalue weighted by Gasteiger charge is -2.30. The Hall–Kier alpha value is -0.783. The fourth-order valence-electron chi connectivity index (χ4n) is 3.69. The van der Waals surface area contributed by atoms with Crippen molar-refractivity contribution in [3.05, 3.63) is 35.3 Å². The van der Waals surface area contributed by atoms with E-state index in [2.05, 4.69) is 6.07 Å². The highest BCUT2D eigenvalue weighted by Gasteiger charge is 2.40. The molecular weight excluding hydrogens is 483 g/mol. The van der Waals surface area contributed by atoms with Gasteiger partial charge < -0.3 is 13.3 Å². The molecule has 0 fully saturated rings. The van der Waals surface area contributed by atoms with Crippen LogP contribution in [0.15, 0.2) is 30.3 Å². The van der Waals surface area contributed by atoms with Crippen LogP contribution in [0.2, 0.25) is 6.04 Å². The molecule has 1 unspecified atom stereocenters. The molecule has 31 heavy (non-hydrogen) atoms. The van der Waals surface area contributed by atoms with E-state index in [0.717, 1.165) is 49.4 Å². The minimum absolute atomic E-state index is 0.0545. The lowest BCUT2D eigenvalue weighted by molar-refractivity contribution is 0.0706. The second-order valence-electron chi connectivity index (χ2n) is 7.06. The molecule has 3 rings (SSSR count). The molecule has 0 spiro atoms. The largest absolute Gasteiger partial charge is 0.500 e. The lowest BCUT2D eigenvalue weighted by Crippen LogP contribution is -2.46. The number of aromatic nitrogens is 1. The van der Waals surface area contributed by atoms with E-state index in [-0.39, 0.29) is 5.92 Å². The molecular formula is C22H27NO3S4Si. The summed E-state index contributed by atoms with van der Waals surface area (Å²) in [5.41, 5.74) is 1.91. The van der Waals surface area contributed by atoms with E-state index in [0.29, 0.717) is 24.7 Å². The molecule has 2 aromatic rings. The van der Waals surface area contributed by atoms with Crippen LogP contribution in [0.5, 0.6) is 0 Å². The Morgan fingerprint density at radius 3 is 2.23 bits per heavy atom. The van der Waals surface area contributed by atoms with Crippen molar-refractivity contribution in [1.29, 1.82) is 0 Å². The maximum Gasteiger partial charge on any atom is 0.500 e. The van der Waals surface area contributed by atoms with Crippen LogP contribution in [0.3, 0.4) is 0 Å². The quantitative estimate of drug-likeness (QED) is 0.262. The third kappa shape index (κ3) is 5.78. The van der Waals surface area contributed by atoms with E-state index in [9.17, 15) is 0 Å². The topological polar surface area (TPSA) is 40.6 Å². The highest BCUT2D eigenvalue weighted by atomic mass is 32.1. The van der Waals surface area contributed by atoms with Crippen LogP contribution in [-0.4, -0.2) is 48.2 Å². The predicted molar refractivity (Wildman–Crippen MR) is 144 cm³/mol. The van der Waals surface area contributed by atoms with Crippen LogP contribution < -0.4 is 0 Å². The molecule has 166 valence electrons. The zero-order chi connectivity index (χ0) is 22.4. The average molecular weight is 510 g/mol. The molecule has 1 aromatic carbocycles. The lowest BCUT2D eigenvalue weighted by atomic mass is 9.85. The van der Waals surface area contributed by atoms with Crippen LogP contribution in [0, 0.1) is 5.92 Å². The van der Waals surface area contributed by atoms with Gasteiger partial charge in [-0.15, -0.1) is 11.3 Å². The first-order valence-corrected chi connectivity index (χ1v) is 14.5. The molecule has 0 saturated heterocycles. The van der Waals surface area contributed by atoms with Crippen molar-refractivity contribution < 1.29 is 13.3 Å². The minimum atomic E-state index is -2.69. The van der Waals surface area contributed by atoms with E-state index in [4.69, 9.17) is 54.9 Å². The number of thiocarbonyl (C=S) groups is 3. The number of para-hydroxylation sites is 1. The first-order valence-electron chi connectivity index (χ1n) is 10.6. The Bertz CT molecular complexity index is 954. The Balaban J connectivity index is 1.77. The number of benzene rings is 1. The van der Waals surface area contributed by atoms with Crippen molar-refractivity contribution in [3.8, 4) is 0 Å². The van der Waals surface area contributed by atoms with Gasteiger partial charge in [-0.05, 0) is 51.8 Å². The number of hydrogen-bond acceptors (Lipinski definition) is 8. The Kier molecular flexibility index (Phi) is 9.12. The second kappa shape index (κ2) is 11.4. The molecule has 0 aliphatic heterocycles. The van der Waals surface area contributed by atoms with Crippen molar-refractivity contribution in [1.82, 2.24) is 4.98 Å². The van der Waals surface area contributed by atoms with Gasteiger partial charge in [0.25, 0.3) is 0 Å². The van der Waals surface area contributed by atoms with Gasteiger partial charge in [0.15, 0.2) is 0 Å². The van der Waals surface area contributed by atoms with Gasteiger partial charge in [0.2, 0.25) is 0 Å². The number of rotatable bonds is 11. The van der Waals surface area contributed by atoms with Crippen LogP contribution in [0.25, 0.3) is 15.8 Å². The molecule has 0 N–H and O–H groups in total. The van der Waals surface area contributed by atoms with E-state index >= 15 is 0 Å². The molecule has 9 heteroatoms. The zero-order valence-electron chi connectivity index (χ0n) is 18.0. The van der Waals surface area contributed by atoms with Gasteiger partial charge in [-0.3, -0.25) is 0 Å². The van der Waals surface area contributed by atoms with E-state index in [1.807, 2.05) is 45.0 Å². The number of fused-ring (bicyclic) bond motifs is 1. The molecule has 1 heterocycles. The van der Waals surface area contributed by atoms with Gasteiger partial charge in [0.1, 0.15) is 5.01 Å².